The van der Waals surface area contributed by atoms with Gasteiger partial charge in [0.25, 0.3) is 0 Å². The number of nitrogens with zero attached hydrogens (tertiary/aromatic N) is 1. The first-order valence-electron chi connectivity index (χ1n) is 6.38. The minimum absolute atomic E-state index is 0.0727. The molecule has 1 heterocycles. The van der Waals surface area contributed by atoms with Crippen LogP contribution in [0.2, 0.25) is 0 Å². The number of carboxylic acids is 1. The van der Waals surface area contributed by atoms with Crippen molar-refractivity contribution in [2.45, 2.75) is 32.7 Å². The van der Waals surface area contributed by atoms with Crippen LogP contribution in [-0.4, -0.2) is 54.4 Å². The smallest absolute Gasteiger partial charge is 0.317 e. The van der Waals surface area contributed by atoms with Crippen LogP contribution in [0, 0.1) is 5.92 Å². The highest BCUT2D eigenvalue weighted by Gasteiger charge is 2.29. The average molecular weight is 258 g/mol. The third-order valence-electron chi connectivity index (χ3n) is 3.20. The van der Waals surface area contributed by atoms with E-state index >= 15 is 0 Å². The molecule has 0 aromatic rings. The number of aliphatic carboxylic acids is 1. The molecule has 0 aromatic heterocycles. The Labute approximate surface area is 107 Å². The van der Waals surface area contributed by atoms with Crippen LogP contribution in [-0.2, 0) is 9.53 Å². The van der Waals surface area contributed by atoms with Gasteiger partial charge in [-0.05, 0) is 5.92 Å². The van der Waals surface area contributed by atoms with E-state index in [1.807, 2.05) is 0 Å². The van der Waals surface area contributed by atoms with E-state index < -0.39 is 5.97 Å². The number of carboxylic acid groups (broad SMARTS) is 1. The maximum Gasteiger partial charge on any atom is 0.317 e. The molecular formula is C12H22N2O4. The summed E-state index contributed by atoms with van der Waals surface area (Å²) in [6, 6.07) is -0.557. The molecule has 0 radical (unpaired) electrons. The standard InChI is InChI=1S/C12H22N2O4/c1-3-9(2)7-13-12(17)14-4-5-18-8-10(14)6-11(15)16/h9-10H,3-8H2,1-2H3,(H,13,17)(H,15,16). The lowest BCUT2D eigenvalue weighted by Crippen LogP contribution is -2.53. The second-order valence-electron chi connectivity index (χ2n) is 4.72. The summed E-state index contributed by atoms with van der Waals surface area (Å²) in [7, 11) is 0. The minimum atomic E-state index is -0.912. The molecule has 2 unspecified atom stereocenters. The SMILES string of the molecule is CCC(C)CNC(=O)N1CCOCC1CC(=O)O. The van der Waals surface area contributed by atoms with E-state index in [1.54, 1.807) is 4.90 Å². The number of hydrogen-bond donors (Lipinski definition) is 2. The molecule has 1 saturated heterocycles. The molecule has 0 aliphatic carbocycles. The molecule has 18 heavy (non-hydrogen) atoms. The normalized spacial score (nSPS) is 21.4. The first-order chi connectivity index (χ1) is 8.54. The minimum Gasteiger partial charge on any atom is -0.481 e. The Kier molecular flexibility index (Phi) is 5.91. The molecule has 0 bridgehead atoms. The number of amides is 2. The number of rotatable bonds is 5. The van der Waals surface area contributed by atoms with Crippen molar-refractivity contribution in [3.8, 4) is 0 Å². The highest BCUT2D eigenvalue weighted by atomic mass is 16.5. The van der Waals surface area contributed by atoms with Gasteiger partial charge in [0, 0.05) is 13.1 Å². The zero-order chi connectivity index (χ0) is 13.5. The van der Waals surface area contributed by atoms with Crippen LogP contribution in [0.5, 0.6) is 0 Å². The van der Waals surface area contributed by atoms with Gasteiger partial charge in [0.2, 0.25) is 0 Å². The quantitative estimate of drug-likeness (QED) is 0.768. The number of urea groups is 1. The van der Waals surface area contributed by atoms with E-state index in [1.165, 1.54) is 0 Å². The van der Waals surface area contributed by atoms with Crippen molar-refractivity contribution in [1.29, 1.82) is 0 Å². The second-order valence-corrected chi connectivity index (χ2v) is 4.72. The number of carbonyl (C=O) groups is 2. The maximum absolute atomic E-state index is 12.0. The zero-order valence-electron chi connectivity index (χ0n) is 11.0. The molecule has 0 saturated carbocycles. The number of hydrogen-bond acceptors (Lipinski definition) is 3. The third kappa shape index (κ3) is 4.52. The number of ether oxygens (including phenoxy) is 1. The summed E-state index contributed by atoms with van der Waals surface area (Å²) in [5, 5.41) is 11.7. The topological polar surface area (TPSA) is 78.9 Å². The predicted molar refractivity (Wildman–Crippen MR) is 66.4 cm³/mol. The Hall–Kier alpha value is -1.30. The highest BCUT2D eigenvalue weighted by Crippen LogP contribution is 2.11. The highest BCUT2D eigenvalue weighted by molar-refractivity contribution is 5.76. The number of carbonyl (C=O) groups excluding carboxylic acids is 1. The molecule has 2 amide bonds. The summed E-state index contributed by atoms with van der Waals surface area (Å²) >= 11 is 0. The van der Waals surface area contributed by atoms with Crippen molar-refractivity contribution in [3.63, 3.8) is 0 Å². The summed E-state index contributed by atoms with van der Waals surface area (Å²) in [4.78, 5) is 24.3. The van der Waals surface area contributed by atoms with E-state index in [2.05, 4.69) is 19.2 Å². The summed E-state index contributed by atoms with van der Waals surface area (Å²) in [5.41, 5.74) is 0. The van der Waals surface area contributed by atoms with Gasteiger partial charge >= 0.3 is 12.0 Å². The molecule has 6 nitrogen and oxygen atoms in total. The molecule has 104 valence electrons. The van der Waals surface area contributed by atoms with Gasteiger partial charge in [-0.15, -0.1) is 0 Å². The number of nitrogens with one attached hydrogen (secondary N) is 1. The van der Waals surface area contributed by atoms with Gasteiger partial charge in [0.05, 0.1) is 25.7 Å². The van der Waals surface area contributed by atoms with Crippen LogP contribution in [0.4, 0.5) is 4.79 Å². The van der Waals surface area contributed by atoms with E-state index in [0.29, 0.717) is 32.2 Å². The fraction of sp³-hybridized carbons (Fsp3) is 0.833. The summed E-state index contributed by atoms with van der Waals surface area (Å²) in [6.45, 7) is 5.96. The molecule has 0 aromatic carbocycles. The molecule has 1 fully saturated rings. The van der Waals surface area contributed by atoms with Crippen molar-refractivity contribution < 1.29 is 19.4 Å². The van der Waals surface area contributed by atoms with E-state index in [4.69, 9.17) is 9.84 Å². The molecule has 1 rings (SSSR count). The van der Waals surface area contributed by atoms with Crippen molar-refractivity contribution in [2.75, 3.05) is 26.3 Å². The third-order valence-corrected chi connectivity index (χ3v) is 3.20. The van der Waals surface area contributed by atoms with Crippen LogP contribution >= 0.6 is 0 Å². The maximum atomic E-state index is 12.0. The summed E-state index contributed by atoms with van der Waals surface area (Å²) in [5.74, 6) is -0.488. The lowest BCUT2D eigenvalue weighted by Gasteiger charge is -2.35. The first kappa shape index (κ1) is 14.8. The predicted octanol–water partition coefficient (Wildman–Crippen LogP) is 0.918. The van der Waals surface area contributed by atoms with Gasteiger partial charge in [-0.3, -0.25) is 4.79 Å². The molecular weight excluding hydrogens is 236 g/mol. The molecule has 6 heteroatoms. The van der Waals surface area contributed by atoms with Gasteiger partial charge < -0.3 is 20.1 Å². The van der Waals surface area contributed by atoms with Gasteiger partial charge in [-0.25, -0.2) is 4.79 Å². The van der Waals surface area contributed by atoms with Crippen molar-refractivity contribution in [3.05, 3.63) is 0 Å². The Morgan fingerprint density at radius 3 is 2.89 bits per heavy atom. The van der Waals surface area contributed by atoms with E-state index in [-0.39, 0.29) is 18.5 Å². The van der Waals surface area contributed by atoms with E-state index in [9.17, 15) is 9.59 Å². The molecule has 2 N–H and O–H groups in total. The van der Waals surface area contributed by atoms with Crippen molar-refractivity contribution >= 4 is 12.0 Å². The van der Waals surface area contributed by atoms with Crippen LogP contribution in [0.1, 0.15) is 26.7 Å². The number of morpholine rings is 1. The second kappa shape index (κ2) is 7.20. The summed E-state index contributed by atoms with van der Waals surface area (Å²) < 4.78 is 5.23. The lowest BCUT2D eigenvalue weighted by molar-refractivity contribution is -0.139. The Bertz CT molecular complexity index is 296. The lowest BCUT2D eigenvalue weighted by atomic mass is 10.1. The molecule has 0 spiro atoms. The zero-order valence-corrected chi connectivity index (χ0v) is 11.0. The average Bonchev–Trinajstić information content (AvgIpc) is 2.35. The molecule has 2 atom stereocenters. The van der Waals surface area contributed by atoms with Gasteiger partial charge in [-0.1, -0.05) is 20.3 Å². The molecule has 1 aliphatic heterocycles. The Morgan fingerprint density at radius 1 is 1.56 bits per heavy atom. The Morgan fingerprint density at radius 2 is 2.28 bits per heavy atom. The van der Waals surface area contributed by atoms with Crippen LogP contribution in [0.15, 0.2) is 0 Å². The van der Waals surface area contributed by atoms with Gasteiger partial charge in [0.15, 0.2) is 0 Å². The fourth-order valence-electron chi connectivity index (χ4n) is 1.80. The fourth-order valence-corrected chi connectivity index (χ4v) is 1.80. The van der Waals surface area contributed by atoms with Crippen LogP contribution < -0.4 is 5.32 Å². The van der Waals surface area contributed by atoms with Crippen LogP contribution in [0.3, 0.4) is 0 Å². The van der Waals surface area contributed by atoms with Crippen LogP contribution in [0.25, 0.3) is 0 Å². The van der Waals surface area contributed by atoms with Crippen molar-refractivity contribution in [2.24, 2.45) is 5.92 Å². The summed E-state index contributed by atoms with van der Waals surface area (Å²) in [6.07, 6.45) is 0.929. The van der Waals surface area contributed by atoms with Gasteiger partial charge in [-0.2, -0.15) is 0 Å². The molecule has 1 aliphatic rings. The monoisotopic (exact) mass is 258 g/mol. The largest absolute Gasteiger partial charge is 0.481 e. The Balaban J connectivity index is 2.49. The van der Waals surface area contributed by atoms with Gasteiger partial charge in [0.1, 0.15) is 0 Å². The van der Waals surface area contributed by atoms with E-state index in [0.717, 1.165) is 6.42 Å². The first-order valence-corrected chi connectivity index (χ1v) is 6.38. The van der Waals surface area contributed by atoms with Crippen molar-refractivity contribution in [1.82, 2.24) is 10.2 Å².